The highest BCUT2D eigenvalue weighted by atomic mass is 16.5. The molecule has 0 saturated heterocycles. The van der Waals surface area contributed by atoms with Crippen LogP contribution in [0.25, 0.3) is 0 Å². The van der Waals surface area contributed by atoms with Gasteiger partial charge in [0.2, 0.25) is 5.76 Å². The molecular formula is C12H16N2O3. The van der Waals surface area contributed by atoms with Crippen LogP contribution in [0.1, 0.15) is 25.4 Å². The zero-order valence-electron chi connectivity index (χ0n) is 10.2. The van der Waals surface area contributed by atoms with Crippen molar-refractivity contribution in [2.45, 2.75) is 26.4 Å². The lowest BCUT2D eigenvalue weighted by molar-refractivity contribution is -0.144. The van der Waals surface area contributed by atoms with Crippen molar-refractivity contribution in [3.8, 4) is 6.07 Å². The Kier molecular flexibility index (Phi) is 4.73. The maximum Gasteiger partial charge on any atom is 0.323 e. The molecular weight excluding hydrogens is 220 g/mol. The molecule has 0 aliphatic carbocycles. The molecule has 92 valence electrons. The molecule has 1 aromatic rings. The van der Waals surface area contributed by atoms with Gasteiger partial charge >= 0.3 is 5.97 Å². The van der Waals surface area contributed by atoms with Crippen molar-refractivity contribution in [3.05, 3.63) is 23.7 Å². The molecule has 0 fully saturated rings. The van der Waals surface area contributed by atoms with E-state index in [1.807, 2.05) is 19.9 Å². The minimum atomic E-state index is -0.379. The van der Waals surface area contributed by atoms with Gasteiger partial charge in [-0.05, 0) is 18.1 Å². The van der Waals surface area contributed by atoms with Gasteiger partial charge in [0.25, 0.3) is 0 Å². The second-order valence-electron chi connectivity index (χ2n) is 4.00. The summed E-state index contributed by atoms with van der Waals surface area (Å²) in [5.41, 5.74) is 0. The average molecular weight is 236 g/mol. The molecule has 0 aromatic carbocycles. The number of ether oxygens (including phenoxy) is 1. The molecule has 0 bridgehead atoms. The monoisotopic (exact) mass is 236 g/mol. The van der Waals surface area contributed by atoms with Crippen molar-refractivity contribution in [2.24, 2.45) is 5.92 Å². The van der Waals surface area contributed by atoms with E-state index in [2.05, 4.69) is 5.32 Å². The molecule has 0 aliphatic rings. The highest BCUT2D eigenvalue weighted by molar-refractivity contribution is 5.75. The second-order valence-corrected chi connectivity index (χ2v) is 4.00. The maximum atomic E-state index is 11.5. The van der Waals surface area contributed by atoms with Crippen LogP contribution in [-0.2, 0) is 16.1 Å². The lowest BCUT2D eigenvalue weighted by atomic mass is 10.0. The smallest absolute Gasteiger partial charge is 0.323 e. The first-order valence-electron chi connectivity index (χ1n) is 5.38. The average Bonchev–Trinajstić information content (AvgIpc) is 2.76. The van der Waals surface area contributed by atoms with Crippen LogP contribution in [0.3, 0.4) is 0 Å². The molecule has 5 nitrogen and oxygen atoms in total. The van der Waals surface area contributed by atoms with Crippen LogP contribution in [0.2, 0.25) is 0 Å². The van der Waals surface area contributed by atoms with Gasteiger partial charge in [0.15, 0.2) is 0 Å². The summed E-state index contributed by atoms with van der Waals surface area (Å²) < 4.78 is 9.90. The summed E-state index contributed by atoms with van der Waals surface area (Å²) in [5, 5.41) is 11.7. The first-order valence-corrected chi connectivity index (χ1v) is 5.38. The molecule has 0 spiro atoms. The van der Waals surface area contributed by atoms with Gasteiger partial charge in [-0.25, -0.2) is 0 Å². The standard InChI is InChI=1S/C12H16N2O3/c1-8(2)11(12(15)16-3)14-7-10-5-4-9(6-13)17-10/h4-5,8,11,14H,7H2,1-3H3/t11-/m0/s1. The number of carbonyl (C=O) groups excluding carboxylic acids is 1. The fraction of sp³-hybridized carbons (Fsp3) is 0.500. The summed E-state index contributed by atoms with van der Waals surface area (Å²) >= 11 is 0. The SMILES string of the molecule is COC(=O)[C@@H](NCc1ccc(C#N)o1)C(C)C. The number of carbonyl (C=O) groups is 1. The zero-order chi connectivity index (χ0) is 12.8. The molecule has 0 amide bonds. The van der Waals surface area contributed by atoms with E-state index in [1.165, 1.54) is 7.11 Å². The number of methoxy groups -OCH3 is 1. The van der Waals surface area contributed by atoms with Gasteiger partial charge < -0.3 is 9.15 Å². The summed E-state index contributed by atoms with van der Waals surface area (Å²) in [6, 6.07) is 4.83. The number of hydrogen-bond donors (Lipinski definition) is 1. The minimum Gasteiger partial charge on any atom is -0.468 e. The first-order chi connectivity index (χ1) is 8.08. The maximum absolute atomic E-state index is 11.5. The van der Waals surface area contributed by atoms with Crippen LogP contribution in [0, 0.1) is 17.2 Å². The number of nitrogens with zero attached hydrogens (tertiary/aromatic N) is 1. The van der Waals surface area contributed by atoms with Crippen molar-refractivity contribution in [1.82, 2.24) is 5.32 Å². The Hall–Kier alpha value is -1.80. The lowest BCUT2D eigenvalue weighted by Crippen LogP contribution is -2.41. The predicted molar refractivity (Wildman–Crippen MR) is 60.9 cm³/mol. The summed E-state index contributed by atoms with van der Waals surface area (Å²) in [6.07, 6.45) is 0. The van der Waals surface area contributed by atoms with E-state index in [1.54, 1.807) is 12.1 Å². The van der Waals surface area contributed by atoms with Crippen LogP contribution < -0.4 is 5.32 Å². The van der Waals surface area contributed by atoms with Gasteiger partial charge in [0, 0.05) is 0 Å². The molecule has 0 radical (unpaired) electrons. The van der Waals surface area contributed by atoms with Crippen LogP contribution in [0.5, 0.6) is 0 Å². The fourth-order valence-corrected chi connectivity index (χ4v) is 1.46. The summed E-state index contributed by atoms with van der Waals surface area (Å²) in [6.45, 7) is 4.24. The lowest BCUT2D eigenvalue weighted by Gasteiger charge is -2.18. The van der Waals surface area contributed by atoms with Crippen LogP contribution in [0.15, 0.2) is 16.5 Å². The number of nitrogens with one attached hydrogen (secondary N) is 1. The summed E-state index contributed by atoms with van der Waals surface area (Å²) in [5.74, 6) is 0.706. The summed E-state index contributed by atoms with van der Waals surface area (Å²) in [7, 11) is 1.36. The number of esters is 1. The summed E-state index contributed by atoms with van der Waals surface area (Å²) in [4.78, 5) is 11.5. The van der Waals surface area contributed by atoms with E-state index in [4.69, 9.17) is 14.4 Å². The van der Waals surface area contributed by atoms with Crippen molar-refractivity contribution >= 4 is 5.97 Å². The van der Waals surface area contributed by atoms with Crippen LogP contribution >= 0.6 is 0 Å². The molecule has 1 rings (SSSR count). The van der Waals surface area contributed by atoms with Crippen molar-refractivity contribution in [3.63, 3.8) is 0 Å². The zero-order valence-corrected chi connectivity index (χ0v) is 10.2. The van der Waals surface area contributed by atoms with Crippen molar-refractivity contribution in [2.75, 3.05) is 7.11 Å². The third-order valence-electron chi connectivity index (χ3n) is 2.39. The third-order valence-corrected chi connectivity index (χ3v) is 2.39. The number of rotatable bonds is 5. The van der Waals surface area contributed by atoms with E-state index in [0.29, 0.717) is 12.3 Å². The van der Waals surface area contributed by atoms with Gasteiger partial charge in [0.1, 0.15) is 17.9 Å². The molecule has 1 heterocycles. The molecule has 17 heavy (non-hydrogen) atoms. The first kappa shape index (κ1) is 13.3. The Morgan fingerprint density at radius 1 is 1.59 bits per heavy atom. The molecule has 0 aliphatic heterocycles. The topological polar surface area (TPSA) is 75.3 Å². The van der Waals surface area contributed by atoms with Crippen LogP contribution in [0.4, 0.5) is 0 Å². The number of hydrogen-bond acceptors (Lipinski definition) is 5. The van der Waals surface area contributed by atoms with Gasteiger partial charge in [-0.1, -0.05) is 13.8 Å². The van der Waals surface area contributed by atoms with Crippen molar-refractivity contribution < 1.29 is 13.9 Å². The normalized spacial score (nSPS) is 12.2. The van der Waals surface area contributed by atoms with E-state index < -0.39 is 0 Å². The number of nitriles is 1. The van der Waals surface area contributed by atoms with Gasteiger partial charge in [0.05, 0.1) is 13.7 Å². The Balaban J connectivity index is 2.58. The molecule has 0 saturated carbocycles. The Bertz CT molecular complexity index is 418. The Morgan fingerprint density at radius 2 is 2.29 bits per heavy atom. The van der Waals surface area contributed by atoms with Crippen molar-refractivity contribution in [1.29, 1.82) is 5.26 Å². The van der Waals surface area contributed by atoms with Gasteiger partial charge in [-0.2, -0.15) is 5.26 Å². The second kappa shape index (κ2) is 6.06. The molecule has 5 heteroatoms. The highest BCUT2D eigenvalue weighted by Crippen LogP contribution is 2.09. The Labute approximate surface area is 100 Å². The molecule has 1 aromatic heterocycles. The molecule has 1 N–H and O–H groups in total. The van der Waals surface area contributed by atoms with Gasteiger partial charge in [-0.15, -0.1) is 0 Å². The predicted octanol–water partition coefficient (Wildman–Crippen LogP) is 1.44. The van der Waals surface area contributed by atoms with Gasteiger partial charge in [-0.3, -0.25) is 10.1 Å². The largest absolute Gasteiger partial charge is 0.468 e. The van der Waals surface area contributed by atoms with E-state index in [-0.39, 0.29) is 23.7 Å². The quantitative estimate of drug-likeness (QED) is 0.783. The number of furan rings is 1. The minimum absolute atomic E-state index is 0.118. The van der Waals surface area contributed by atoms with Crippen LogP contribution in [-0.4, -0.2) is 19.1 Å². The molecule has 0 unspecified atom stereocenters. The highest BCUT2D eigenvalue weighted by Gasteiger charge is 2.22. The molecule has 1 atom stereocenters. The van der Waals surface area contributed by atoms with E-state index in [9.17, 15) is 4.79 Å². The Morgan fingerprint density at radius 3 is 2.76 bits per heavy atom. The van der Waals surface area contributed by atoms with E-state index >= 15 is 0 Å². The fourth-order valence-electron chi connectivity index (χ4n) is 1.46. The third kappa shape index (κ3) is 3.61. The van der Waals surface area contributed by atoms with E-state index in [0.717, 1.165) is 0 Å².